The highest BCUT2D eigenvalue weighted by molar-refractivity contribution is 5.67. The van der Waals surface area contributed by atoms with E-state index in [-0.39, 0.29) is 12.2 Å². The number of piperidine rings is 1. The van der Waals surface area contributed by atoms with Crippen molar-refractivity contribution in [2.45, 2.75) is 31.6 Å². The zero-order valence-electron chi connectivity index (χ0n) is 12.1. The van der Waals surface area contributed by atoms with Crippen LogP contribution >= 0.6 is 0 Å². The lowest BCUT2D eigenvalue weighted by atomic mass is 10.00. The first-order chi connectivity index (χ1) is 10.2. The third kappa shape index (κ3) is 3.54. The SMILES string of the molecule is O=C(OCc1ccccc1)N1CCC[C@H](N2CC(O)C2)C1. The minimum absolute atomic E-state index is 0.189. The largest absolute Gasteiger partial charge is 0.445 e. The molecule has 0 radical (unpaired) electrons. The van der Waals surface area contributed by atoms with Crippen molar-refractivity contribution >= 4 is 6.09 Å². The third-order valence-corrected chi connectivity index (χ3v) is 4.27. The monoisotopic (exact) mass is 290 g/mol. The van der Waals surface area contributed by atoms with Gasteiger partial charge in [0.1, 0.15) is 6.61 Å². The van der Waals surface area contributed by atoms with Gasteiger partial charge in [0.05, 0.1) is 6.10 Å². The molecule has 2 aliphatic rings. The molecule has 2 heterocycles. The van der Waals surface area contributed by atoms with E-state index < -0.39 is 0 Å². The van der Waals surface area contributed by atoms with E-state index in [2.05, 4.69) is 4.90 Å². The van der Waals surface area contributed by atoms with Crippen molar-refractivity contribution in [2.24, 2.45) is 0 Å². The van der Waals surface area contributed by atoms with Gasteiger partial charge in [-0.05, 0) is 18.4 Å². The number of carbonyl (C=O) groups is 1. The maximum absolute atomic E-state index is 12.1. The molecule has 5 nitrogen and oxygen atoms in total. The number of amides is 1. The molecule has 0 spiro atoms. The highest BCUT2D eigenvalue weighted by atomic mass is 16.6. The second kappa shape index (κ2) is 6.45. The van der Waals surface area contributed by atoms with E-state index in [4.69, 9.17) is 4.74 Å². The zero-order chi connectivity index (χ0) is 14.7. The molecule has 1 atom stereocenters. The summed E-state index contributed by atoms with van der Waals surface area (Å²) >= 11 is 0. The van der Waals surface area contributed by atoms with Crippen molar-refractivity contribution in [3.63, 3.8) is 0 Å². The number of hydrogen-bond donors (Lipinski definition) is 1. The van der Waals surface area contributed by atoms with Crippen LogP contribution in [0.1, 0.15) is 18.4 Å². The summed E-state index contributed by atoms with van der Waals surface area (Å²) in [4.78, 5) is 16.2. The van der Waals surface area contributed by atoms with Crippen LogP contribution in [-0.4, -0.2) is 59.3 Å². The van der Waals surface area contributed by atoms with Crippen LogP contribution in [0.2, 0.25) is 0 Å². The number of aliphatic hydroxyl groups is 1. The van der Waals surface area contributed by atoms with Crippen molar-refractivity contribution < 1.29 is 14.6 Å². The molecule has 5 heteroatoms. The summed E-state index contributed by atoms with van der Waals surface area (Å²) in [5, 5.41) is 9.39. The molecule has 2 saturated heterocycles. The zero-order valence-corrected chi connectivity index (χ0v) is 12.1. The molecule has 1 N–H and O–H groups in total. The molecule has 0 aliphatic carbocycles. The molecule has 1 aromatic carbocycles. The van der Waals surface area contributed by atoms with Crippen LogP contribution in [-0.2, 0) is 11.3 Å². The molecule has 0 bridgehead atoms. The predicted molar refractivity (Wildman–Crippen MR) is 78.8 cm³/mol. The minimum Gasteiger partial charge on any atom is -0.445 e. The average molecular weight is 290 g/mol. The fourth-order valence-electron chi connectivity index (χ4n) is 3.02. The number of rotatable bonds is 3. The van der Waals surface area contributed by atoms with Crippen LogP contribution in [0.15, 0.2) is 30.3 Å². The molecule has 0 unspecified atom stereocenters. The van der Waals surface area contributed by atoms with E-state index in [1.54, 1.807) is 4.90 Å². The molecule has 3 rings (SSSR count). The number of nitrogens with zero attached hydrogens (tertiary/aromatic N) is 2. The lowest BCUT2D eigenvalue weighted by molar-refractivity contribution is -0.0420. The molecular formula is C16H22N2O3. The van der Waals surface area contributed by atoms with E-state index in [1.807, 2.05) is 30.3 Å². The van der Waals surface area contributed by atoms with E-state index in [1.165, 1.54) is 0 Å². The highest BCUT2D eigenvalue weighted by Crippen LogP contribution is 2.21. The van der Waals surface area contributed by atoms with Crippen LogP contribution in [0.4, 0.5) is 4.79 Å². The van der Waals surface area contributed by atoms with E-state index in [9.17, 15) is 9.90 Å². The van der Waals surface area contributed by atoms with Crippen molar-refractivity contribution in [3.05, 3.63) is 35.9 Å². The first-order valence-electron chi connectivity index (χ1n) is 7.60. The summed E-state index contributed by atoms with van der Waals surface area (Å²) in [6.07, 6.45) is 1.67. The number of carbonyl (C=O) groups excluding carboxylic acids is 1. The van der Waals surface area contributed by atoms with Crippen molar-refractivity contribution in [3.8, 4) is 0 Å². The molecule has 114 valence electrons. The highest BCUT2D eigenvalue weighted by Gasteiger charge is 2.34. The number of benzene rings is 1. The smallest absolute Gasteiger partial charge is 0.410 e. The third-order valence-electron chi connectivity index (χ3n) is 4.27. The lowest BCUT2D eigenvalue weighted by Gasteiger charge is -2.45. The number of likely N-dealkylation sites (tertiary alicyclic amines) is 2. The van der Waals surface area contributed by atoms with Gasteiger partial charge in [0, 0.05) is 32.2 Å². The van der Waals surface area contributed by atoms with Crippen molar-refractivity contribution in [2.75, 3.05) is 26.2 Å². The van der Waals surface area contributed by atoms with Crippen LogP contribution in [0.5, 0.6) is 0 Å². The fraction of sp³-hybridized carbons (Fsp3) is 0.562. The minimum atomic E-state index is -0.232. The summed E-state index contributed by atoms with van der Waals surface area (Å²) < 4.78 is 5.39. The molecule has 0 aromatic heterocycles. The van der Waals surface area contributed by atoms with E-state index in [0.717, 1.165) is 38.0 Å². The summed E-state index contributed by atoms with van der Waals surface area (Å²) in [7, 11) is 0. The normalized spacial score (nSPS) is 23.7. The Kier molecular flexibility index (Phi) is 4.41. The topological polar surface area (TPSA) is 53.0 Å². The fourth-order valence-corrected chi connectivity index (χ4v) is 3.02. The van der Waals surface area contributed by atoms with Gasteiger partial charge in [0.2, 0.25) is 0 Å². The Morgan fingerprint density at radius 2 is 2.00 bits per heavy atom. The van der Waals surface area contributed by atoms with Gasteiger partial charge >= 0.3 is 6.09 Å². The van der Waals surface area contributed by atoms with Gasteiger partial charge in [-0.2, -0.15) is 0 Å². The van der Waals surface area contributed by atoms with Gasteiger partial charge in [0.15, 0.2) is 0 Å². The maximum atomic E-state index is 12.1. The van der Waals surface area contributed by atoms with Crippen LogP contribution < -0.4 is 0 Å². The first kappa shape index (κ1) is 14.4. The maximum Gasteiger partial charge on any atom is 0.410 e. The number of β-amino-alcohol motifs (C(OH)–C–C–N with tert-alkyl or cyclic N) is 1. The van der Waals surface area contributed by atoms with Gasteiger partial charge in [-0.15, -0.1) is 0 Å². The Morgan fingerprint density at radius 3 is 2.71 bits per heavy atom. The molecule has 2 fully saturated rings. The average Bonchev–Trinajstić information content (AvgIpc) is 2.50. The van der Waals surface area contributed by atoms with Gasteiger partial charge in [0.25, 0.3) is 0 Å². The van der Waals surface area contributed by atoms with E-state index in [0.29, 0.717) is 19.2 Å². The number of ether oxygens (including phenoxy) is 1. The molecule has 21 heavy (non-hydrogen) atoms. The van der Waals surface area contributed by atoms with Crippen LogP contribution in [0.25, 0.3) is 0 Å². The van der Waals surface area contributed by atoms with Gasteiger partial charge in [-0.25, -0.2) is 4.79 Å². The summed E-state index contributed by atoms with van der Waals surface area (Å²) in [6, 6.07) is 10.1. The van der Waals surface area contributed by atoms with Crippen molar-refractivity contribution in [1.82, 2.24) is 9.80 Å². The number of aliphatic hydroxyl groups excluding tert-OH is 1. The second-order valence-corrected chi connectivity index (χ2v) is 5.89. The Labute approximate surface area is 125 Å². The molecule has 2 aliphatic heterocycles. The Balaban J connectivity index is 1.48. The number of hydrogen-bond acceptors (Lipinski definition) is 4. The Morgan fingerprint density at radius 1 is 1.24 bits per heavy atom. The van der Waals surface area contributed by atoms with Gasteiger partial charge in [-0.1, -0.05) is 30.3 Å². The Hall–Kier alpha value is -1.59. The quantitative estimate of drug-likeness (QED) is 0.916. The van der Waals surface area contributed by atoms with Crippen LogP contribution in [0, 0.1) is 0 Å². The summed E-state index contributed by atoms with van der Waals surface area (Å²) in [6.45, 7) is 3.26. The Bertz CT molecular complexity index is 474. The molecule has 1 amide bonds. The molecule has 0 saturated carbocycles. The van der Waals surface area contributed by atoms with Gasteiger partial charge in [-0.3, -0.25) is 4.90 Å². The van der Waals surface area contributed by atoms with Crippen molar-refractivity contribution in [1.29, 1.82) is 0 Å². The molecular weight excluding hydrogens is 268 g/mol. The summed E-state index contributed by atoms with van der Waals surface area (Å²) in [5.74, 6) is 0. The predicted octanol–water partition coefficient (Wildman–Crippen LogP) is 1.46. The standard InChI is InChI=1S/C16H22N2O3/c19-15-10-18(11-15)14-7-4-8-17(9-14)16(20)21-12-13-5-2-1-3-6-13/h1-3,5-6,14-15,19H,4,7-12H2/t14-/m0/s1. The molecule has 1 aromatic rings. The van der Waals surface area contributed by atoms with Gasteiger partial charge < -0.3 is 14.7 Å². The summed E-state index contributed by atoms with van der Waals surface area (Å²) in [5.41, 5.74) is 1.00. The first-order valence-corrected chi connectivity index (χ1v) is 7.60. The lowest BCUT2D eigenvalue weighted by Crippen LogP contribution is -2.60. The van der Waals surface area contributed by atoms with Crippen LogP contribution in [0.3, 0.4) is 0 Å². The second-order valence-electron chi connectivity index (χ2n) is 5.89. The van der Waals surface area contributed by atoms with E-state index >= 15 is 0 Å².